The van der Waals surface area contributed by atoms with E-state index >= 15 is 0 Å². The molecule has 1 aromatic carbocycles. The maximum absolute atomic E-state index is 10.1. The molecule has 1 aliphatic carbocycles. The second-order valence-electron chi connectivity index (χ2n) is 9.03. The zero-order valence-electron chi connectivity index (χ0n) is 18.7. The lowest BCUT2D eigenvalue weighted by molar-refractivity contribution is 0.0252. The SMILES string of the molecule is CC#Cc1cncc(-c2ccc(C)c([C@]3([C@]4(C)CC[C@@H](O)CC4)N=C(C)C(N)=N3)c2)c1. The summed E-state index contributed by atoms with van der Waals surface area (Å²) in [6, 6.07) is 8.48. The van der Waals surface area contributed by atoms with Crippen molar-refractivity contribution in [2.24, 2.45) is 21.1 Å². The minimum Gasteiger partial charge on any atom is -0.393 e. The predicted octanol–water partition coefficient (Wildman–Crippen LogP) is 4.35. The Labute approximate surface area is 184 Å². The zero-order valence-corrected chi connectivity index (χ0v) is 18.7. The Morgan fingerprint density at radius 1 is 1.06 bits per heavy atom. The summed E-state index contributed by atoms with van der Waals surface area (Å²) in [7, 11) is 0. The third kappa shape index (κ3) is 3.66. The molecule has 2 aliphatic rings. The molecule has 4 rings (SSSR count). The van der Waals surface area contributed by atoms with E-state index in [0.29, 0.717) is 5.84 Å². The van der Waals surface area contributed by atoms with Gasteiger partial charge >= 0.3 is 0 Å². The molecule has 1 atom stereocenters. The summed E-state index contributed by atoms with van der Waals surface area (Å²) in [5.41, 5.74) is 11.2. The molecular formula is C26H30N4O. The van der Waals surface area contributed by atoms with Gasteiger partial charge in [0.15, 0.2) is 5.66 Å². The molecule has 2 heterocycles. The maximum atomic E-state index is 10.1. The number of rotatable bonds is 3. The van der Waals surface area contributed by atoms with E-state index in [1.807, 2.05) is 20.0 Å². The molecule has 1 fully saturated rings. The fraction of sp³-hybridized carbons (Fsp3) is 0.423. The van der Waals surface area contributed by atoms with Crippen LogP contribution in [0.5, 0.6) is 0 Å². The lowest BCUT2D eigenvalue weighted by Gasteiger charge is -2.46. The Hall–Kier alpha value is -2.97. The number of nitrogens with zero attached hydrogens (tertiary/aromatic N) is 3. The second kappa shape index (κ2) is 7.94. The molecule has 1 aliphatic heterocycles. The molecule has 5 heteroatoms. The van der Waals surface area contributed by atoms with E-state index in [0.717, 1.165) is 59.2 Å². The summed E-state index contributed by atoms with van der Waals surface area (Å²) in [6.07, 6.45) is 6.58. The van der Waals surface area contributed by atoms with Crippen molar-refractivity contribution in [2.75, 3.05) is 0 Å². The lowest BCUT2D eigenvalue weighted by atomic mass is 9.63. The van der Waals surface area contributed by atoms with Crippen LogP contribution in [0, 0.1) is 24.2 Å². The molecule has 5 nitrogen and oxygen atoms in total. The van der Waals surface area contributed by atoms with E-state index in [1.165, 1.54) is 0 Å². The fourth-order valence-electron chi connectivity index (χ4n) is 4.87. The molecule has 0 bridgehead atoms. The second-order valence-corrected chi connectivity index (χ2v) is 9.03. The Morgan fingerprint density at radius 3 is 2.45 bits per heavy atom. The first kappa shape index (κ1) is 21.3. The number of aliphatic hydroxyl groups is 1. The highest BCUT2D eigenvalue weighted by molar-refractivity contribution is 6.41. The third-order valence-corrected chi connectivity index (χ3v) is 6.84. The minimum atomic E-state index is -0.782. The average molecular weight is 415 g/mol. The topological polar surface area (TPSA) is 83.9 Å². The molecule has 3 N–H and O–H groups in total. The van der Waals surface area contributed by atoms with Crippen LogP contribution < -0.4 is 5.73 Å². The van der Waals surface area contributed by atoms with E-state index in [1.54, 1.807) is 6.20 Å². The summed E-state index contributed by atoms with van der Waals surface area (Å²) >= 11 is 0. The van der Waals surface area contributed by atoms with Gasteiger partial charge in [-0.3, -0.25) is 9.98 Å². The van der Waals surface area contributed by atoms with Crippen molar-refractivity contribution in [2.45, 2.75) is 65.1 Å². The predicted molar refractivity (Wildman–Crippen MR) is 126 cm³/mol. The Balaban J connectivity index is 1.88. The molecule has 2 aromatic rings. The highest BCUT2D eigenvalue weighted by Gasteiger charge is 2.53. The van der Waals surface area contributed by atoms with Crippen LogP contribution >= 0.6 is 0 Å². The number of benzene rings is 1. The van der Waals surface area contributed by atoms with Gasteiger partial charge in [0.2, 0.25) is 0 Å². The van der Waals surface area contributed by atoms with Gasteiger partial charge in [0.25, 0.3) is 0 Å². The Bertz CT molecular complexity index is 1110. The van der Waals surface area contributed by atoms with Crippen molar-refractivity contribution in [1.29, 1.82) is 0 Å². The summed E-state index contributed by atoms with van der Waals surface area (Å²) in [5, 5.41) is 10.1. The van der Waals surface area contributed by atoms with Crippen LogP contribution in [-0.2, 0) is 5.66 Å². The van der Waals surface area contributed by atoms with Gasteiger partial charge < -0.3 is 10.8 Å². The molecule has 1 aromatic heterocycles. The number of aliphatic imine (C=N–C) groups is 2. The van der Waals surface area contributed by atoms with Crippen molar-refractivity contribution in [3.63, 3.8) is 0 Å². The third-order valence-electron chi connectivity index (χ3n) is 6.84. The first-order valence-corrected chi connectivity index (χ1v) is 10.9. The van der Waals surface area contributed by atoms with Crippen molar-refractivity contribution >= 4 is 11.5 Å². The van der Waals surface area contributed by atoms with Gasteiger partial charge in [0.05, 0.1) is 11.8 Å². The molecular weight excluding hydrogens is 384 g/mol. The molecule has 0 radical (unpaired) electrons. The van der Waals surface area contributed by atoms with Crippen LogP contribution in [0.25, 0.3) is 11.1 Å². The largest absolute Gasteiger partial charge is 0.393 e. The van der Waals surface area contributed by atoms with Crippen molar-refractivity contribution in [1.82, 2.24) is 4.98 Å². The molecule has 0 spiro atoms. The van der Waals surface area contributed by atoms with Gasteiger partial charge in [-0.2, -0.15) is 0 Å². The van der Waals surface area contributed by atoms with Crippen molar-refractivity contribution < 1.29 is 5.11 Å². The zero-order chi connectivity index (χ0) is 22.2. The minimum absolute atomic E-state index is 0.230. The van der Waals surface area contributed by atoms with Gasteiger partial charge in [-0.1, -0.05) is 25.0 Å². The van der Waals surface area contributed by atoms with E-state index in [4.69, 9.17) is 15.7 Å². The molecule has 0 unspecified atom stereocenters. The monoisotopic (exact) mass is 414 g/mol. The lowest BCUT2D eigenvalue weighted by Crippen LogP contribution is -2.44. The van der Waals surface area contributed by atoms with Crippen molar-refractivity contribution in [3.05, 3.63) is 53.3 Å². The normalized spacial score (nSPS) is 27.8. The fourth-order valence-corrected chi connectivity index (χ4v) is 4.87. The smallest absolute Gasteiger partial charge is 0.184 e. The average Bonchev–Trinajstić information content (AvgIpc) is 3.07. The van der Waals surface area contributed by atoms with Gasteiger partial charge in [-0.25, -0.2) is 4.99 Å². The van der Waals surface area contributed by atoms with Gasteiger partial charge in [0.1, 0.15) is 5.84 Å². The van der Waals surface area contributed by atoms with Crippen LogP contribution in [0.2, 0.25) is 0 Å². The van der Waals surface area contributed by atoms with Crippen LogP contribution in [0.15, 0.2) is 46.6 Å². The molecule has 1 saturated carbocycles. The Morgan fingerprint density at radius 2 is 1.81 bits per heavy atom. The number of hydrogen-bond donors (Lipinski definition) is 2. The number of hydrogen-bond acceptors (Lipinski definition) is 5. The first-order chi connectivity index (χ1) is 14.8. The highest BCUT2D eigenvalue weighted by Crippen LogP contribution is 2.55. The summed E-state index contributed by atoms with van der Waals surface area (Å²) < 4.78 is 0. The number of pyridine rings is 1. The van der Waals surface area contributed by atoms with Gasteiger partial charge in [-0.05, 0) is 69.7 Å². The summed E-state index contributed by atoms with van der Waals surface area (Å²) in [6.45, 7) is 8.10. The molecule has 31 heavy (non-hydrogen) atoms. The maximum Gasteiger partial charge on any atom is 0.184 e. The Kier molecular flexibility index (Phi) is 5.45. The number of aromatic nitrogens is 1. The van der Waals surface area contributed by atoms with Crippen molar-refractivity contribution in [3.8, 4) is 23.0 Å². The number of amidine groups is 1. The molecule has 0 amide bonds. The van der Waals surface area contributed by atoms with Crippen LogP contribution in [-0.4, -0.2) is 27.7 Å². The van der Waals surface area contributed by atoms with E-state index in [9.17, 15) is 5.11 Å². The number of aryl methyl sites for hydroxylation is 1. The number of nitrogens with two attached hydrogens (primary N) is 1. The first-order valence-electron chi connectivity index (χ1n) is 10.9. The quantitative estimate of drug-likeness (QED) is 0.732. The van der Waals surface area contributed by atoms with Crippen LogP contribution in [0.4, 0.5) is 0 Å². The summed E-state index contributed by atoms with van der Waals surface area (Å²) in [4.78, 5) is 14.5. The van der Waals surface area contributed by atoms with E-state index in [2.05, 4.69) is 54.9 Å². The van der Waals surface area contributed by atoms with E-state index < -0.39 is 5.66 Å². The van der Waals surface area contributed by atoms with Gasteiger partial charge in [-0.15, -0.1) is 5.92 Å². The highest BCUT2D eigenvalue weighted by atomic mass is 16.3. The van der Waals surface area contributed by atoms with Gasteiger partial charge in [0, 0.05) is 34.5 Å². The van der Waals surface area contributed by atoms with Crippen LogP contribution in [0.3, 0.4) is 0 Å². The summed E-state index contributed by atoms with van der Waals surface area (Å²) in [5.74, 6) is 6.52. The molecule has 0 saturated heterocycles. The number of aliphatic hydroxyl groups excluding tert-OH is 1. The molecule has 160 valence electrons. The van der Waals surface area contributed by atoms with Crippen LogP contribution in [0.1, 0.15) is 63.1 Å². The van der Waals surface area contributed by atoms with E-state index in [-0.39, 0.29) is 11.5 Å². The standard InChI is InChI=1S/C26H30N4O/c1-5-6-19-13-21(16-28-15-19)20-8-7-17(2)23(14-20)26(29-18(3)24(27)30-26)25(4)11-9-22(31)10-12-25/h7-8,13-16,22,31H,9-12H2,1-4H3,(H2,27,30)/t22-,25-,26-/m0/s1.